The van der Waals surface area contributed by atoms with E-state index in [2.05, 4.69) is 30.3 Å². The molecule has 1 aliphatic heterocycles. The minimum atomic E-state index is -3.85. The van der Waals surface area contributed by atoms with Crippen LogP contribution in [-0.4, -0.2) is 85.8 Å². The van der Waals surface area contributed by atoms with E-state index >= 15 is 0 Å². The second kappa shape index (κ2) is 13.3. The lowest BCUT2D eigenvalue weighted by atomic mass is 10.1. The van der Waals surface area contributed by atoms with Crippen molar-refractivity contribution in [1.29, 1.82) is 0 Å². The number of rotatable bonds is 13. The third kappa shape index (κ3) is 8.69. The molecule has 0 unspecified atom stereocenters. The maximum absolute atomic E-state index is 12.8. The summed E-state index contributed by atoms with van der Waals surface area (Å²) in [5, 5.41) is 6.81. The van der Waals surface area contributed by atoms with Crippen LogP contribution < -0.4 is 20.1 Å². The van der Waals surface area contributed by atoms with Crippen LogP contribution in [0, 0.1) is 0 Å². The van der Waals surface area contributed by atoms with Gasteiger partial charge in [-0.3, -0.25) is 9.69 Å². The fourth-order valence-corrected chi connectivity index (χ4v) is 5.55. The Morgan fingerprint density at radius 2 is 1.70 bits per heavy atom. The lowest BCUT2D eigenvalue weighted by molar-refractivity contribution is 0.0407. The fraction of sp³-hybridized carbons (Fsp3) is 0.407. The molecule has 43 heavy (non-hydrogen) atoms. The molecule has 1 aromatic heterocycles. The average Bonchev–Trinajstić information content (AvgIpc) is 3.76. The Morgan fingerprint density at radius 1 is 1.02 bits per heavy atom. The minimum absolute atomic E-state index is 0.0107. The molecule has 0 bridgehead atoms. The Morgan fingerprint density at radius 3 is 2.35 bits per heavy atom. The molecule has 12 nitrogen and oxygen atoms in total. The SMILES string of the molecule is O=C(NS(=O)(=O)CCN1CCOCC1)c1ccc(Nc2nc(NC3(c4ccc(Cl)cc4)CC3)nc(OCC(F)F)n2)cc1. The quantitative estimate of drug-likeness (QED) is 0.253. The Balaban J connectivity index is 1.25. The highest BCUT2D eigenvalue weighted by atomic mass is 35.5. The van der Waals surface area contributed by atoms with E-state index in [1.807, 2.05) is 17.0 Å². The first-order chi connectivity index (χ1) is 20.6. The number of aromatic nitrogens is 3. The summed E-state index contributed by atoms with van der Waals surface area (Å²) < 4.78 is 62.9. The van der Waals surface area contributed by atoms with E-state index in [-0.39, 0.29) is 29.2 Å². The number of hydrogen-bond donors (Lipinski definition) is 3. The van der Waals surface area contributed by atoms with Crippen LogP contribution in [0.3, 0.4) is 0 Å². The normalized spacial score (nSPS) is 16.5. The van der Waals surface area contributed by atoms with Gasteiger partial charge in [0.05, 0.1) is 24.5 Å². The van der Waals surface area contributed by atoms with Crippen LogP contribution in [0.25, 0.3) is 0 Å². The van der Waals surface area contributed by atoms with Gasteiger partial charge in [0.2, 0.25) is 21.9 Å². The first-order valence-corrected chi connectivity index (χ1v) is 15.6. The third-order valence-corrected chi connectivity index (χ3v) is 8.35. The predicted molar refractivity (Wildman–Crippen MR) is 156 cm³/mol. The number of morpholine rings is 1. The molecular formula is C27H30ClF2N7O5S. The van der Waals surface area contributed by atoms with Gasteiger partial charge in [-0.15, -0.1) is 0 Å². The van der Waals surface area contributed by atoms with Crippen LogP contribution >= 0.6 is 11.6 Å². The molecule has 1 saturated carbocycles. The second-order valence-electron chi connectivity index (χ2n) is 10.1. The van der Waals surface area contributed by atoms with E-state index in [1.54, 1.807) is 12.1 Å². The number of benzene rings is 2. The molecule has 0 spiro atoms. The van der Waals surface area contributed by atoms with Gasteiger partial charge < -0.3 is 20.1 Å². The summed E-state index contributed by atoms with van der Waals surface area (Å²) in [5.41, 5.74) is 1.10. The zero-order valence-electron chi connectivity index (χ0n) is 22.9. The van der Waals surface area contributed by atoms with Gasteiger partial charge in [-0.25, -0.2) is 21.9 Å². The number of carbonyl (C=O) groups is 1. The van der Waals surface area contributed by atoms with Crippen molar-refractivity contribution < 1.29 is 31.5 Å². The zero-order valence-corrected chi connectivity index (χ0v) is 24.5. The molecule has 16 heteroatoms. The summed E-state index contributed by atoms with van der Waals surface area (Å²) in [7, 11) is -3.85. The maximum Gasteiger partial charge on any atom is 0.323 e. The molecule has 0 atom stereocenters. The number of amides is 1. The first kappa shape index (κ1) is 30.8. The Hall–Kier alpha value is -3.66. The smallest absolute Gasteiger partial charge is 0.323 e. The largest absolute Gasteiger partial charge is 0.457 e. The van der Waals surface area contributed by atoms with Crippen molar-refractivity contribution in [2.24, 2.45) is 0 Å². The molecule has 3 aromatic rings. The summed E-state index contributed by atoms with van der Waals surface area (Å²) in [6.45, 7) is 1.76. The van der Waals surface area contributed by atoms with Crippen molar-refractivity contribution in [3.63, 3.8) is 0 Å². The van der Waals surface area contributed by atoms with Crippen molar-refractivity contribution in [1.82, 2.24) is 24.6 Å². The monoisotopic (exact) mass is 637 g/mol. The molecule has 1 amide bonds. The third-order valence-electron chi connectivity index (χ3n) is 6.88. The Kier molecular flexibility index (Phi) is 9.54. The molecular weight excluding hydrogens is 608 g/mol. The first-order valence-electron chi connectivity index (χ1n) is 13.5. The molecule has 2 aliphatic rings. The summed E-state index contributed by atoms with van der Waals surface area (Å²) in [6.07, 6.45) is -1.14. The van der Waals surface area contributed by atoms with E-state index in [0.29, 0.717) is 43.6 Å². The van der Waals surface area contributed by atoms with Crippen LogP contribution in [0.5, 0.6) is 6.01 Å². The molecule has 2 heterocycles. The van der Waals surface area contributed by atoms with Crippen molar-refractivity contribution in [2.75, 3.05) is 55.8 Å². The number of sulfonamides is 1. The lowest BCUT2D eigenvalue weighted by Crippen LogP contribution is -2.42. The highest BCUT2D eigenvalue weighted by Crippen LogP contribution is 2.48. The van der Waals surface area contributed by atoms with Crippen LogP contribution in [-0.2, 0) is 20.3 Å². The number of hydrogen-bond acceptors (Lipinski definition) is 11. The second-order valence-corrected chi connectivity index (χ2v) is 12.4. The topological polar surface area (TPSA) is 148 Å². The summed E-state index contributed by atoms with van der Waals surface area (Å²) in [5.74, 6) is -0.854. The van der Waals surface area contributed by atoms with E-state index < -0.39 is 34.5 Å². The van der Waals surface area contributed by atoms with Crippen molar-refractivity contribution >= 4 is 45.1 Å². The Labute approximate surface area is 252 Å². The molecule has 3 N–H and O–H groups in total. The van der Waals surface area contributed by atoms with Crippen molar-refractivity contribution in [2.45, 2.75) is 24.8 Å². The van der Waals surface area contributed by atoms with E-state index in [1.165, 1.54) is 24.3 Å². The molecule has 230 valence electrons. The number of halogens is 3. The van der Waals surface area contributed by atoms with Crippen LogP contribution in [0.15, 0.2) is 48.5 Å². The molecule has 5 rings (SSSR count). The standard InChI is InChI=1S/C27H30ClF2N7O5S/c28-20-5-3-19(4-6-20)27(9-10-27)35-25-32-24(33-26(34-25)42-17-22(29)30)31-21-7-1-18(2-8-21)23(38)36-43(39,40)16-13-37-11-14-41-15-12-37/h1-8,22H,9-17H2,(H,36,38)(H2,31,32,33,34,35). The van der Waals surface area contributed by atoms with Gasteiger partial charge in [0.15, 0.2) is 6.61 Å². The number of alkyl halides is 2. The van der Waals surface area contributed by atoms with E-state index in [0.717, 1.165) is 18.4 Å². The van der Waals surface area contributed by atoms with Gasteiger partial charge in [0.1, 0.15) is 0 Å². The Bertz CT molecular complexity index is 1520. The fourth-order valence-electron chi connectivity index (χ4n) is 4.42. The van der Waals surface area contributed by atoms with E-state index in [4.69, 9.17) is 21.1 Å². The molecule has 0 radical (unpaired) electrons. The minimum Gasteiger partial charge on any atom is -0.457 e. The van der Waals surface area contributed by atoms with Gasteiger partial charge in [0.25, 0.3) is 12.3 Å². The number of nitrogens with zero attached hydrogens (tertiary/aromatic N) is 4. The van der Waals surface area contributed by atoms with Crippen LogP contribution in [0.4, 0.5) is 26.4 Å². The highest BCUT2D eigenvalue weighted by molar-refractivity contribution is 7.90. The molecule has 2 fully saturated rings. The summed E-state index contributed by atoms with van der Waals surface area (Å²) >= 11 is 6.02. The maximum atomic E-state index is 12.8. The number of anilines is 3. The van der Waals surface area contributed by atoms with Crippen LogP contribution in [0.2, 0.25) is 5.02 Å². The molecule has 1 saturated heterocycles. The number of ether oxygens (including phenoxy) is 2. The van der Waals surface area contributed by atoms with Gasteiger partial charge >= 0.3 is 6.01 Å². The molecule has 2 aromatic carbocycles. The number of nitrogens with one attached hydrogen (secondary N) is 3. The average molecular weight is 638 g/mol. The van der Waals surface area contributed by atoms with Crippen molar-refractivity contribution in [3.8, 4) is 6.01 Å². The van der Waals surface area contributed by atoms with Crippen LogP contribution in [0.1, 0.15) is 28.8 Å². The number of carbonyl (C=O) groups excluding carboxylic acids is 1. The van der Waals surface area contributed by atoms with Crippen molar-refractivity contribution in [3.05, 3.63) is 64.7 Å². The van der Waals surface area contributed by atoms with Gasteiger partial charge in [-0.1, -0.05) is 23.7 Å². The summed E-state index contributed by atoms with van der Waals surface area (Å²) in [6, 6.07) is 13.0. The summed E-state index contributed by atoms with van der Waals surface area (Å²) in [4.78, 5) is 27.2. The lowest BCUT2D eigenvalue weighted by Gasteiger charge is -2.26. The van der Waals surface area contributed by atoms with Gasteiger partial charge in [-0.05, 0) is 54.8 Å². The zero-order chi connectivity index (χ0) is 30.5. The molecule has 1 aliphatic carbocycles. The van der Waals surface area contributed by atoms with Gasteiger partial charge in [0, 0.05) is 35.9 Å². The predicted octanol–water partition coefficient (Wildman–Crippen LogP) is 3.41. The van der Waals surface area contributed by atoms with E-state index in [9.17, 15) is 22.0 Å². The van der Waals surface area contributed by atoms with Gasteiger partial charge in [-0.2, -0.15) is 15.0 Å². The highest BCUT2D eigenvalue weighted by Gasteiger charge is 2.45.